The summed E-state index contributed by atoms with van der Waals surface area (Å²) in [6.45, 7) is -0.600. The van der Waals surface area contributed by atoms with Gasteiger partial charge in [-0.05, 0) is 11.6 Å². The van der Waals surface area contributed by atoms with Gasteiger partial charge in [-0.2, -0.15) is 0 Å². The normalized spacial score (nSPS) is 9.56. The minimum atomic E-state index is -1.16. The number of hydrogen-bond donors (Lipinski definition) is 1. The van der Waals surface area contributed by atoms with Crippen LogP contribution in [-0.4, -0.2) is 35.0 Å². The fraction of sp³-hybridized carbons (Fsp3) is 0.231. The van der Waals surface area contributed by atoms with Crippen LogP contribution < -0.4 is 0 Å². The lowest BCUT2D eigenvalue weighted by atomic mass is 10.1. The molecule has 94 valence electrons. The maximum absolute atomic E-state index is 13.3. The van der Waals surface area contributed by atoms with E-state index in [0.29, 0.717) is 0 Å². The first-order valence-corrected chi connectivity index (χ1v) is 5.21. The fourth-order valence-electron chi connectivity index (χ4n) is 1.42. The number of rotatable bonds is 5. The van der Waals surface area contributed by atoms with Gasteiger partial charge >= 0.3 is 5.97 Å². The molecule has 0 saturated carbocycles. The Balaban J connectivity index is 2.76. The zero-order chi connectivity index (χ0) is 13.5. The van der Waals surface area contributed by atoms with Gasteiger partial charge in [0.15, 0.2) is 0 Å². The van der Waals surface area contributed by atoms with Gasteiger partial charge in [0, 0.05) is 0 Å². The Hall–Kier alpha value is -2.35. The summed E-state index contributed by atoms with van der Waals surface area (Å²) in [6.07, 6.45) is 4.85. The second-order valence-corrected chi connectivity index (χ2v) is 3.62. The smallest absolute Gasteiger partial charge is 0.323 e. The van der Waals surface area contributed by atoms with Gasteiger partial charge in [0.1, 0.15) is 12.4 Å². The average molecular weight is 249 g/mol. The predicted molar refractivity (Wildman–Crippen MR) is 63.2 cm³/mol. The topological polar surface area (TPSA) is 57.6 Å². The lowest BCUT2D eigenvalue weighted by molar-refractivity contribution is -0.143. The van der Waals surface area contributed by atoms with E-state index in [-0.39, 0.29) is 18.5 Å². The summed E-state index contributed by atoms with van der Waals surface area (Å²) >= 11 is 0. The highest BCUT2D eigenvalue weighted by atomic mass is 19.1. The third-order valence-corrected chi connectivity index (χ3v) is 2.26. The van der Waals surface area contributed by atoms with Crippen molar-refractivity contribution in [1.29, 1.82) is 0 Å². The van der Waals surface area contributed by atoms with E-state index in [2.05, 4.69) is 5.92 Å². The van der Waals surface area contributed by atoms with Gasteiger partial charge in [0.2, 0.25) is 5.91 Å². The Kier molecular flexibility index (Phi) is 4.88. The van der Waals surface area contributed by atoms with Crippen molar-refractivity contribution in [3.05, 3.63) is 35.6 Å². The fourth-order valence-corrected chi connectivity index (χ4v) is 1.42. The first-order chi connectivity index (χ1) is 8.54. The molecule has 0 bridgehead atoms. The van der Waals surface area contributed by atoms with Crippen molar-refractivity contribution in [2.24, 2.45) is 0 Å². The second kappa shape index (κ2) is 6.40. The van der Waals surface area contributed by atoms with Crippen molar-refractivity contribution >= 4 is 11.9 Å². The molecule has 4 nitrogen and oxygen atoms in total. The summed E-state index contributed by atoms with van der Waals surface area (Å²) in [5.74, 6) is 0.0306. The second-order valence-electron chi connectivity index (χ2n) is 3.62. The van der Waals surface area contributed by atoms with Crippen LogP contribution in [0.25, 0.3) is 0 Å². The van der Waals surface area contributed by atoms with Crippen LogP contribution in [0.15, 0.2) is 24.3 Å². The zero-order valence-corrected chi connectivity index (χ0v) is 9.60. The molecule has 0 radical (unpaired) electrons. The number of carbonyl (C=O) groups excluding carboxylic acids is 1. The van der Waals surface area contributed by atoms with Crippen LogP contribution in [0.5, 0.6) is 0 Å². The van der Waals surface area contributed by atoms with E-state index in [1.807, 2.05) is 0 Å². The van der Waals surface area contributed by atoms with Gasteiger partial charge in [-0.25, -0.2) is 4.39 Å². The first kappa shape index (κ1) is 13.7. The van der Waals surface area contributed by atoms with Crippen molar-refractivity contribution in [3.63, 3.8) is 0 Å². The van der Waals surface area contributed by atoms with Crippen LogP contribution >= 0.6 is 0 Å². The summed E-state index contributed by atoms with van der Waals surface area (Å²) in [6, 6.07) is 5.83. The quantitative estimate of drug-likeness (QED) is 0.789. The van der Waals surface area contributed by atoms with Gasteiger partial charge < -0.3 is 10.0 Å². The number of aliphatic carboxylic acids is 1. The largest absolute Gasteiger partial charge is 0.480 e. The molecule has 1 amide bonds. The molecule has 1 aromatic carbocycles. The highest BCUT2D eigenvalue weighted by molar-refractivity contribution is 5.83. The highest BCUT2D eigenvalue weighted by Crippen LogP contribution is 2.08. The Bertz CT molecular complexity index is 493. The van der Waals surface area contributed by atoms with Crippen LogP contribution in [0.1, 0.15) is 5.56 Å². The Morgan fingerprint density at radius 3 is 2.61 bits per heavy atom. The summed E-state index contributed by atoms with van der Waals surface area (Å²) in [5, 5.41) is 8.64. The van der Waals surface area contributed by atoms with Crippen LogP contribution in [0.2, 0.25) is 0 Å². The van der Waals surface area contributed by atoms with Crippen molar-refractivity contribution in [3.8, 4) is 12.3 Å². The highest BCUT2D eigenvalue weighted by Gasteiger charge is 2.17. The van der Waals surface area contributed by atoms with Crippen LogP contribution in [-0.2, 0) is 16.0 Å². The lowest BCUT2D eigenvalue weighted by Crippen LogP contribution is -2.37. The van der Waals surface area contributed by atoms with E-state index in [4.69, 9.17) is 11.5 Å². The predicted octanol–water partition coefficient (Wildman–Crippen LogP) is 0.915. The summed E-state index contributed by atoms with van der Waals surface area (Å²) in [5.41, 5.74) is 0.218. The number of carboxylic acids is 1. The summed E-state index contributed by atoms with van der Waals surface area (Å²) < 4.78 is 13.3. The van der Waals surface area contributed by atoms with Crippen molar-refractivity contribution in [1.82, 2.24) is 4.90 Å². The Labute approximate surface area is 104 Å². The standard InChI is InChI=1S/C13H12FNO3/c1-2-7-15(9-13(17)18)12(16)8-10-5-3-4-6-11(10)14/h1,3-6H,7-9H2,(H,17,18). The molecule has 0 atom stereocenters. The Morgan fingerprint density at radius 1 is 1.39 bits per heavy atom. The lowest BCUT2D eigenvalue weighted by Gasteiger charge is -2.17. The molecule has 0 aromatic heterocycles. The van der Waals surface area contributed by atoms with E-state index < -0.39 is 24.2 Å². The minimum absolute atomic E-state index is 0.112. The van der Waals surface area contributed by atoms with Crippen molar-refractivity contribution < 1.29 is 19.1 Å². The molecule has 18 heavy (non-hydrogen) atoms. The molecule has 1 N–H and O–H groups in total. The van der Waals surface area contributed by atoms with Crippen molar-refractivity contribution in [2.75, 3.05) is 13.1 Å². The van der Waals surface area contributed by atoms with Crippen LogP contribution in [0, 0.1) is 18.2 Å². The SMILES string of the molecule is C#CCN(CC(=O)O)C(=O)Cc1ccccc1F. The van der Waals surface area contributed by atoms with E-state index >= 15 is 0 Å². The minimum Gasteiger partial charge on any atom is -0.480 e. The van der Waals surface area contributed by atoms with Gasteiger partial charge in [-0.1, -0.05) is 24.1 Å². The first-order valence-electron chi connectivity index (χ1n) is 5.21. The Morgan fingerprint density at radius 2 is 2.06 bits per heavy atom. The molecule has 1 aromatic rings. The number of carbonyl (C=O) groups is 2. The van der Waals surface area contributed by atoms with E-state index in [1.165, 1.54) is 18.2 Å². The number of carboxylic acid groups (broad SMARTS) is 1. The summed E-state index contributed by atoms with van der Waals surface area (Å²) in [4.78, 5) is 23.4. The number of amides is 1. The van der Waals surface area contributed by atoms with Gasteiger partial charge in [-0.3, -0.25) is 9.59 Å². The third kappa shape index (κ3) is 3.91. The molecule has 0 aliphatic carbocycles. The molecule has 0 aliphatic heterocycles. The van der Waals surface area contributed by atoms with Crippen LogP contribution in [0.3, 0.4) is 0 Å². The molecule has 0 heterocycles. The molecule has 0 spiro atoms. The van der Waals surface area contributed by atoms with Crippen molar-refractivity contribution in [2.45, 2.75) is 6.42 Å². The average Bonchev–Trinajstić information content (AvgIpc) is 2.31. The van der Waals surface area contributed by atoms with E-state index in [9.17, 15) is 14.0 Å². The molecule has 5 heteroatoms. The molecule has 0 aliphatic rings. The van der Waals surface area contributed by atoms with Gasteiger partial charge in [0.25, 0.3) is 0 Å². The molecule has 0 fully saturated rings. The monoisotopic (exact) mass is 249 g/mol. The molecule has 0 saturated heterocycles. The molecular formula is C13H12FNO3. The van der Waals surface area contributed by atoms with Gasteiger partial charge in [-0.15, -0.1) is 6.42 Å². The zero-order valence-electron chi connectivity index (χ0n) is 9.60. The van der Waals surface area contributed by atoms with E-state index in [0.717, 1.165) is 4.90 Å². The number of terminal acetylenes is 1. The number of nitrogens with zero attached hydrogens (tertiary/aromatic N) is 1. The molecule has 0 unspecified atom stereocenters. The summed E-state index contributed by atoms with van der Waals surface area (Å²) in [7, 11) is 0. The van der Waals surface area contributed by atoms with Gasteiger partial charge in [0.05, 0.1) is 13.0 Å². The van der Waals surface area contributed by atoms with Crippen LogP contribution in [0.4, 0.5) is 4.39 Å². The maximum atomic E-state index is 13.3. The third-order valence-electron chi connectivity index (χ3n) is 2.26. The molecule has 1 rings (SSSR count). The maximum Gasteiger partial charge on any atom is 0.323 e. The van der Waals surface area contributed by atoms with E-state index in [1.54, 1.807) is 6.07 Å². The number of benzene rings is 1. The molecular weight excluding hydrogens is 237 g/mol. The number of hydrogen-bond acceptors (Lipinski definition) is 2. The number of halogens is 1.